The number of amides is 1. The van der Waals surface area contributed by atoms with Gasteiger partial charge >= 0.3 is 17.9 Å². The predicted octanol–water partition coefficient (Wildman–Crippen LogP) is 0.559. The molecule has 12 nitrogen and oxygen atoms in total. The minimum absolute atomic E-state index is 0.192. The number of aliphatic carboxylic acids is 1. The van der Waals surface area contributed by atoms with Gasteiger partial charge in [-0.15, -0.1) is 0 Å². The van der Waals surface area contributed by atoms with Crippen LogP contribution < -0.4 is 5.73 Å². The molecule has 0 spiro atoms. The summed E-state index contributed by atoms with van der Waals surface area (Å²) in [5.74, 6) is -7.23. The van der Waals surface area contributed by atoms with Crippen LogP contribution >= 0.6 is 0 Å². The Hall–Kier alpha value is -4.10. The Morgan fingerprint density at radius 1 is 1.03 bits per heavy atom. The Kier molecular flexibility index (Phi) is 8.96. The van der Waals surface area contributed by atoms with Gasteiger partial charge in [-0.25, -0.2) is 17.5 Å². The summed E-state index contributed by atoms with van der Waals surface area (Å²) in [5.41, 5.74) is 6.67. The third-order valence-corrected chi connectivity index (χ3v) is 7.58. The number of aryl methyl sites for hydroxylation is 1. The molecule has 1 heterocycles. The molecule has 2 aromatic carbocycles. The minimum atomic E-state index is -4.61. The molecule has 38 heavy (non-hydrogen) atoms. The number of nitrogens with zero attached hydrogens (tertiary/aromatic N) is 1. The molecular formula is C25H26N2O10S. The number of sulfonamides is 1. The number of hydrogen-bond acceptors (Lipinski definition) is 10. The van der Waals surface area contributed by atoms with E-state index in [1.54, 1.807) is 37.3 Å². The number of carbonyl (C=O) groups is 5. The molecule has 0 aromatic heterocycles. The van der Waals surface area contributed by atoms with Crippen molar-refractivity contribution in [3.8, 4) is 0 Å². The van der Waals surface area contributed by atoms with Gasteiger partial charge in [0.25, 0.3) is 10.0 Å². The zero-order valence-corrected chi connectivity index (χ0v) is 21.1. The van der Waals surface area contributed by atoms with Crippen molar-refractivity contribution in [3.05, 3.63) is 65.7 Å². The fourth-order valence-electron chi connectivity index (χ4n) is 3.75. The third-order valence-electron chi connectivity index (χ3n) is 5.76. The Labute approximate surface area is 218 Å². The van der Waals surface area contributed by atoms with E-state index >= 15 is 0 Å². The first-order chi connectivity index (χ1) is 17.9. The van der Waals surface area contributed by atoms with Gasteiger partial charge in [-0.3, -0.25) is 19.2 Å². The molecule has 0 bridgehead atoms. The van der Waals surface area contributed by atoms with Gasteiger partial charge in [0.05, 0.1) is 10.8 Å². The standard InChI is InChI=1S/C25H26N2O10S/c1-15-7-9-18(10-8-15)38(34,35)27-21(29)12-19(24(32)36-13-16-5-3-2-4-6-16)22(27)25(33)37-14-17(28)11-20(26)23(30)31/h2-10,19-20,22H,11-14,26H2,1H3,(H,30,31). The molecule has 0 aliphatic carbocycles. The molecular weight excluding hydrogens is 520 g/mol. The van der Waals surface area contributed by atoms with E-state index in [4.69, 9.17) is 20.3 Å². The lowest BCUT2D eigenvalue weighted by atomic mass is 10.0. The number of ketones is 1. The lowest BCUT2D eigenvalue weighted by Gasteiger charge is -2.25. The normalized spacial score (nSPS) is 18.1. The Bertz CT molecular complexity index is 1330. The van der Waals surface area contributed by atoms with Crippen molar-refractivity contribution in [1.82, 2.24) is 4.31 Å². The van der Waals surface area contributed by atoms with Gasteiger partial charge in [-0.1, -0.05) is 48.0 Å². The van der Waals surface area contributed by atoms with Gasteiger partial charge in [-0.2, -0.15) is 0 Å². The van der Waals surface area contributed by atoms with Crippen molar-refractivity contribution in [2.45, 2.75) is 43.4 Å². The summed E-state index contributed by atoms with van der Waals surface area (Å²) in [4.78, 5) is 61.5. The summed E-state index contributed by atoms with van der Waals surface area (Å²) < 4.78 is 37.2. The van der Waals surface area contributed by atoms with Gasteiger partial charge in [0.2, 0.25) is 5.91 Å². The number of rotatable bonds is 11. The molecule has 202 valence electrons. The smallest absolute Gasteiger partial charge is 0.331 e. The molecule has 13 heteroatoms. The van der Waals surface area contributed by atoms with Crippen LogP contribution in [0.2, 0.25) is 0 Å². The summed E-state index contributed by atoms with van der Waals surface area (Å²) >= 11 is 0. The maximum absolute atomic E-state index is 13.4. The SMILES string of the molecule is Cc1ccc(S(=O)(=O)N2C(=O)CC(C(=O)OCc3ccccc3)C2C(=O)OCC(=O)CC(N)C(=O)O)cc1. The Morgan fingerprint density at radius 3 is 2.26 bits per heavy atom. The second-order valence-corrected chi connectivity index (χ2v) is 10.5. The van der Waals surface area contributed by atoms with Crippen molar-refractivity contribution < 1.29 is 47.0 Å². The number of carboxylic acid groups (broad SMARTS) is 1. The second-order valence-electron chi connectivity index (χ2n) is 8.65. The van der Waals surface area contributed by atoms with E-state index < -0.39 is 77.1 Å². The largest absolute Gasteiger partial charge is 0.480 e. The predicted molar refractivity (Wildman–Crippen MR) is 130 cm³/mol. The van der Waals surface area contributed by atoms with Crippen LogP contribution in [0.5, 0.6) is 0 Å². The van der Waals surface area contributed by atoms with Gasteiger partial charge < -0.3 is 20.3 Å². The maximum Gasteiger partial charge on any atom is 0.331 e. The molecule has 3 N–H and O–H groups in total. The van der Waals surface area contributed by atoms with Crippen LogP contribution in [0.1, 0.15) is 24.0 Å². The van der Waals surface area contributed by atoms with Crippen LogP contribution in [0.4, 0.5) is 0 Å². The van der Waals surface area contributed by atoms with Crippen molar-refractivity contribution in [3.63, 3.8) is 0 Å². The van der Waals surface area contributed by atoms with Gasteiger partial charge in [-0.05, 0) is 24.6 Å². The van der Waals surface area contributed by atoms with Crippen LogP contribution in [-0.2, 0) is 50.1 Å². The summed E-state index contributed by atoms with van der Waals surface area (Å²) in [6.45, 7) is 0.598. The molecule has 1 saturated heterocycles. The van der Waals surface area contributed by atoms with Crippen molar-refractivity contribution in [2.75, 3.05) is 6.61 Å². The molecule has 1 amide bonds. The summed E-state index contributed by atoms with van der Waals surface area (Å²) in [5, 5.41) is 8.84. The number of benzene rings is 2. The third kappa shape index (κ3) is 6.61. The molecule has 1 fully saturated rings. The molecule has 3 unspecified atom stereocenters. The van der Waals surface area contributed by atoms with Crippen molar-refractivity contribution >= 4 is 39.6 Å². The number of esters is 2. The Morgan fingerprint density at radius 2 is 1.66 bits per heavy atom. The lowest BCUT2D eigenvalue weighted by molar-refractivity contribution is -0.160. The van der Waals surface area contributed by atoms with Crippen LogP contribution in [0.3, 0.4) is 0 Å². The van der Waals surface area contributed by atoms with Crippen LogP contribution in [0.25, 0.3) is 0 Å². The first-order valence-corrected chi connectivity index (χ1v) is 12.9. The van der Waals surface area contributed by atoms with Crippen molar-refractivity contribution in [2.24, 2.45) is 11.7 Å². The number of hydrogen-bond donors (Lipinski definition) is 2. The first kappa shape index (κ1) is 28.5. The zero-order valence-electron chi connectivity index (χ0n) is 20.3. The summed E-state index contributed by atoms with van der Waals surface area (Å²) in [6, 6.07) is 10.6. The topological polar surface area (TPSA) is 187 Å². The Balaban J connectivity index is 1.87. The van der Waals surface area contributed by atoms with Gasteiger partial charge in [0.1, 0.15) is 19.3 Å². The van der Waals surface area contributed by atoms with E-state index in [-0.39, 0.29) is 15.8 Å². The van der Waals surface area contributed by atoms with E-state index in [9.17, 15) is 32.4 Å². The molecule has 3 rings (SSSR count). The van der Waals surface area contributed by atoms with Crippen LogP contribution in [0.15, 0.2) is 59.5 Å². The molecule has 1 aliphatic rings. The zero-order chi connectivity index (χ0) is 28.0. The molecule has 2 aromatic rings. The second kappa shape index (κ2) is 12.0. The highest BCUT2D eigenvalue weighted by atomic mass is 32.2. The highest BCUT2D eigenvalue weighted by molar-refractivity contribution is 7.89. The highest BCUT2D eigenvalue weighted by Crippen LogP contribution is 2.33. The minimum Gasteiger partial charge on any atom is -0.480 e. The van der Waals surface area contributed by atoms with E-state index in [0.717, 1.165) is 5.56 Å². The fourth-order valence-corrected chi connectivity index (χ4v) is 5.33. The van der Waals surface area contributed by atoms with Crippen LogP contribution in [-0.4, -0.2) is 66.1 Å². The van der Waals surface area contributed by atoms with Crippen molar-refractivity contribution in [1.29, 1.82) is 0 Å². The van der Waals surface area contributed by atoms with E-state index in [1.807, 2.05) is 0 Å². The van der Waals surface area contributed by atoms with Gasteiger partial charge in [0, 0.05) is 12.8 Å². The molecule has 3 atom stereocenters. The average Bonchev–Trinajstić information content (AvgIpc) is 3.24. The highest BCUT2D eigenvalue weighted by Gasteiger charge is 2.54. The monoisotopic (exact) mass is 546 g/mol. The van der Waals surface area contributed by atoms with E-state index in [1.165, 1.54) is 24.3 Å². The molecule has 0 saturated carbocycles. The summed E-state index contributed by atoms with van der Waals surface area (Å²) in [6.07, 6.45) is -1.31. The van der Waals surface area contributed by atoms with E-state index in [2.05, 4.69) is 0 Å². The summed E-state index contributed by atoms with van der Waals surface area (Å²) in [7, 11) is -4.61. The number of nitrogens with two attached hydrogens (primary N) is 1. The average molecular weight is 547 g/mol. The first-order valence-electron chi connectivity index (χ1n) is 11.4. The fraction of sp³-hybridized carbons (Fsp3) is 0.320. The molecule has 1 aliphatic heterocycles. The number of carbonyl (C=O) groups excluding carboxylic acids is 4. The van der Waals surface area contributed by atoms with Crippen LogP contribution in [0, 0.1) is 12.8 Å². The molecule has 0 radical (unpaired) electrons. The number of Topliss-reactive ketones (excluding diaryl/α,β-unsaturated/α-hetero) is 1. The number of ether oxygens (including phenoxy) is 2. The van der Waals surface area contributed by atoms with Gasteiger partial charge in [0.15, 0.2) is 11.8 Å². The maximum atomic E-state index is 13.4. The number of carboxylic acids is 1. The quantitative estimate of drug-likeness (QED) is 0.375. The van der Waals surface area contributed by atoms with E-state index in [0.29, 0.717) is 5.56 Å². The lowest BCUT2D eigenvalue weighted by Crippen LogP contribution is -2.47.